The molecular weight excluding hydrogens is 268 g/mol. The summed E-state index contributed by atoms with van der Waals surface area (Å²) in [5.41, 5.74) is -1.41. The van der Waals surface area contributed by atoms with Crippen LogP contribution in [-0.4, -0.2) is 11.8 Å². The fourth-order valence-corrected chi connectivity index (χ4v) is 1.14. The number of benzene rings is 1. The predicted octanol–water partition coefficient (Wildman–Crippen LogP) is 2.90. The molecule has 3 nitrogen and oxygen atoms in total. The zero-order valence-electron chi connectivity index (χ0n) is 9.62. The number of allylic oxidation sites excluding steroid dienone is 1. The fourth-order valence-electron chi connectivity index (χ4n) is 1.14. The highest BCUT2D eigenvalue weighted by atomic mass is 19.4. The van der Waals surface area contributed by atoms with Crippen molar-refractivity contribution in [2.45, 2.75) is 13.1 Å². The summed E-state index contributed by atoms with van der Waals surface area (Å²) in [6.07, 6.45) is -3.33. The van der Waals surface area contributed by atoms with Gasteiger partial charge >= 0.3 is 12.1 Å². The maximum absolute atomic E-state index is 12.8. The van der Waals surface area contributed by atoms with Crippen LogP contribution < -0.4 is 4.74 Å². The Kier molecular flexibility index (Phi) is 4.42. The first-order valence-corrected chi connectivity index (χ1v) is 4.97. The van der Waals surface area contributed by atoms with E-state index in [9.17, 15) is 27.2 Å². The first-order chi connectivity index (χ1) is 8.70. The van der Waals surface area contributed by atoms with Gasteiger partial charge in [0.2, 0.25) is 0 Å². The highest BCUT2D eigenvalue weighted by molar-refractivity contribution is 5.95. The van der Waals surface area contributed by atoms with E-state index in [4.69, 9.17) is 0 Å². The Balaban J connectivity index is 3.02. The summed E-state index contributed by atoms with van der Waals surface area (Å²) < 4.78 is 54.9. The second-order valence-corrected chi connectivity index (χ2v) is 3.50. The van der Waals surface area contributed by atoms with E-state index in [1.54, 1.807) is 0 Å². The zero-order valence-corrected chi connectivity index (χ0v) is 9.62. The van der Waals surface area contributed by atoms with E-state index in [1.807, 2.05) is 0 Å². The Morgan fingerprint density at radius 2 is 1.84 bits per heavy atom. The predicted molar refractivity (Wildman–Crippen MR) is 56.9 cm³/mol. The quantitative estimate of drug-likeness (QED) is 0.369. The van der Waals surface area contributed by atoms with Gasteiger partial charge in [0.25, 0.3) is 0 Å². The molecule has 0 spiro atoms. The molecule has 0 heterocycles. The van der Waals surface area contributed by atoms with E-state index in [0.717, 1.165) is 19.1 Å². The minimum Gasteiger partial charge on any atom is -0.423 e. The molecule has 1 aromatic rings. The van der Waals surface area contributed by atoms with Crippen molar-refractivity contribution in [1.82, 2.24) is 0 Å². The molecule has 0 amide bonds. The normalized spacial score (nSPS) is 11.6. The fraction of sp³-hybridized carbons (Fsp3) is 0.167. The minimum absolute atomic E-state index is 0.220. The van der Waals surface area contributed by atoms with E-state index < -0.39 is 35.1 Å². The summed E-state index contributed by atoms with van der Waals surface area (Å²) in [5, 5.41) is 0. The Bertz CT molecular complexity index is 532. The lowest BCUT2D eigenvalue weighted by Gasteiger charge is -2.11. The second kappa shape index (κ2) is 5.64. The van der Waals surface area contributed by atoms with E-state index in [-0.39, 0.29) is 6.07 Å². The lowest BCUT2D eigenvalue weighted by Crippen LogP contribution is -2.12. The maximum Gasteiger partial charge on any atom is 0.420 e. The molecule has 0 unspecified atom stereocenters. The van der Waals surface area contributed by atoms with Gasteiger partial charge in [-0.05, 0) is 31.2 Å². The number of carbonyl (C=O) groups is 2. The molecular formula is C12H8F4O3. The Morgan fingerprint density at radius 1 is 1.21 bits per heavy atom. The summed E-state index contributed by atoms with van der Waals surface area (Å²) in [4.78, 5) is 21.7. The number of rotatable bonds is 3. The van der Waals surface area contributed by atoms with E-state index in [2.05, 4.69) is 4.74 Å². The second-order valence-electron chi connectivity index (χ2n) is 3.50. The molecule has 7 heteroatoms. The first-order valence-electron chi connectivity index (χ1n) is 4.97. The lowest BCUT2D eigenvalue weighted by molar-refractivity contribution is -0.141. The van der Waals surface area contributed by atoms with Crippen molar-refractivity contribution in [3.05, 3.63) is 41.7 Å². The van der Waals surface area contributed by atoms with E-state index >= 15 is 0 Å². The molecule has 0 aromatic heterocycles. The first kappa shape index (κ1) is 14.9. The third kappa shape index (κ3) is 4.53. The van der Waals surface area contributed by atoms with Crippen molar-refractivity contribution in [2.75, 3.05) is 0 Å². The van der Waals surface area contributed by atoms with Gasteiger partial charge in [0.1, 0.15) is 17.1 Å². The highest BCUT2D eigenvalue weighted by Gasteiger charge is 2.35. The van der Waals surface area contributed by atoms with Crippen LogP contribution in [0.25, 0.3) is 0 Å². The lowest BCUT2D eigenvalue weighted by atomic mass is 10.2. The molecule has 0 aliphatic carbocycles. The molecule has 0 N–H and O–H groups in total. The van der Waals surface area contributed by atoms with E-state index in [0.29, 0.717) is 12.1 Å². The molecule has 0 fully saturated rings. The van der Waals surface area contributed by atoms with Crippen molar-refractivity contribution in [1.29, 1.82) is 0 Å². The SMILES string of the molecule is CC(=O)/C=C/C(=O)Oc1ccc(F)cc1C(F)(F)F. The van der Waals surface area contributed by atoms with Crippen LogP contribution in [0.4, 0.5) is 17.6 Å². The summed E-state index contributed by atoms with van der Waals surface area (Å²) in [5.74, 6) is -3.56. The standard InChI is InChI=1S/C12H8F4O3/c1-7(17)2-5-11(18)19-10-4-3-8(13)6-9(10)12(14,15)16/h2-6H,1H3/b5-2+. The van der Waals surface area contributed by atoms with Gasteiger partial charge in [-0.3, -0.25) is 4.79 Å². The van der Waals surface area contributed by atoms with Crippen LogP contribution in [0.1, 0.15) is 12.5 Å². The van der Waals surface area contributed by atoms with Gasteiger partial charge in [0.15, 0.2) is 5.78 Å². The number of esters is 1. The van der Waals surface area contributed by atoms with Gasteiger partial charge in [-0.15, -0.1) is 0 Å². The largest absolute Gasteiger partial charge is 0.423 e. The van der Waals surface area contributed by atoms with Crippen molar-refractivity contribution in [2.24, 2.45) is 0 Å². The summed E-state index contributed by atoms with van der Waals surface area (Å²) in [6.45, 7) is 1.16. The summed E-state index contributed by atoms with van der Waals surface area (Å²) >= 11 is 0. The summed E-state index contributed by atoms with van der Waals surface area (Å²) in [6, 6.07) is 1.64. The topological polar surface area (TPSA) is 43.4 Å². The van der Waals surface area contributed by atoms with Gasteiger partial charge in [-0.2, -0.15) is 13.2 Å². The molecule has 0 aliphatic heterocycles. The van der Waals surface area contributed by atoms with Gasteiger partial charge in [-0.25, -0.2) is 9.18 Å². The molecule has 102 valence electrons. The van der Waals surface area contributed by atoms with Crippen molar-refractivity contribution < 1.29 is 31.9 Å². The third-order valence-electron chi connectivity index (χ3n) is 1.91. The van der Waals surface area contributed by atoms with Gasteiger partial charge in [0.05, 0.1) is 0 Å². The maximum atomic E-state index is 12.8. The van der Waals surface area contributed by atoms with E-state index in [1.165, 1.54) is 0 Å². The van der Waals surface area contributed by atoms with Crippen LogP contribution in [0.2, 0.25) is 0 Å². The van der Waals surface area contributed by atoms with Gasteiger partial charge in [0, 0.05) is 6.08 Å². The third-order valence-corrected chi connectivity index (χ3v) is 1.91. The Morgan fingerprint density at radius 3 is 2.37 bits per heavy atom. The number of ether oxygens (including phenoxy) is 1. The Hall–Kier alpha value is -2.18. The van der Waals surface area contributed by atoms with Gasteiger partial charge in [-0.1, -0.05) is 0 Å². The molecule has 19 heavy (non-hydrogen) atoms. The minimum atomic E-state index is -4.86. The molecule has 1 rings (SSSR count). The molecule has 0 aliphatic rings. The van der Waals surface area contributed by atoms with Crippen LogP contribution in [0.15, 0.2) is 30.4 Å². The van der Waals surface area contributed by atoms with Crippen LogP contribution in [0.5, 0.6) is 5.75 Å². The number of hydrogen-bond acceptors (Lipinski definition) is 3. The van der Waals surface area contributed by atoms with Crippen LogP contribution >= 0.6 is 0 Å². The molecule has 0 atom stereocenters. The van der Waals surface area contributed by atoms with Crippen LogP contribution in [0.3, 0.4) is 0 Å². The number of alkyl halides is 3. The monoisotopic (exact) mass is 276 g/mol. The zero-order chi connectivity index (χ0) is 14.6. The Labute approximate surface area is 105 Å². The number of halogens is 4. The average Bonchev–Trinajstić information content (AvgIpc) is 2.27. The molecule has 0 radical (unpaired) electrons. The van der Waals surface area contributed by atoms with Crippen LogP contribution in [-0.2, 0) is 15.8 Å². The smallest absolute Gasteiger partial charge is 0.420 e. The molecule has 0 saturated carbocycles. The molecule has 1 aromatic carbocycles. The van der Waals surface area contributed by atoms with Crippen LogP contribution in [0, 0.1) is 5.82 Å². The average molecular weight is 276 g/mol. The van der Waals surface area contributed by atoms with Crippen molar-refractivity contribution >= 4 is 11.8 Å². The van der Waals surface area contributed by atoms with Crippen molar-refractivity contribution in [3.63, 3.8) is 0 Å². The number of ketones is 1. The summed E-state index contributed by atoms with van der Waals surface area (Å²) in [7, 11) is 0. The number of carbonyl (C=O) groups excluding carboxylic acids is 2. The highest BCUT2D eigenvalue weighted by Crippen LogP contribution is 2.36. The van der Waals surface area contributed by atoms with Gasteiger partial charge < -0.3 is 4.74 Å². The number of hydrogen-bond donors (Lipinski definition) is 0. The molecule has 0 bridgehead atoms. The van der Waals surface area contributed by atoms with Crippen molar-refractivity contribution in [3.8, 4) is 5.75 Å². The molecule has 0 saturated heterocycles.